The summed E-state index contributed by atoms with van der Waals surface area (Å²) in [4.78, 5) is 12.1. The molecule has 0 aliphatic carbocycles. The quantitative estimate of drug-likeness (QED) is 0.639. The highest BCUT2D eigenvalue weighted by Gasteiger charge is 2.04. The third-order valence-electron chi connectivity index (χ3n) is 3.49. The highest BCUT2D eigenvalue weighted by molar-refractivity contribution is 9.10. The number of hydrogen-bond donors (Lipinski definition) is 2. The first-order valence-corrected chi connectivity index (χ1v) is 8.39. The predicted octanol–water partition coefficient (Wildman–Crippen LogP) is 4.84. The lowest BCUT2D eigenvalue weighted by Gasteiger charge is -2.08. The van der Waals surface area contributed by atoms with Gasteiger partial charge in [0.25, 0.3) is 0 Å². The molecule has 0 fully saturated rings. The minimum Gasteiger partial charge on any atom is -0.467 e. The van der Waals surface area contributed by atoms with Crippen LogP contribution in [0.25, 0.3) is 0 Å². The molecular weight excluding hydrogens is 368 g/mol. The molecule has 3 aromatic rings. The number of nitrogens with one attached hydrogen (secondary N) is 2. The van der Waals surface area contributed by atoms with Crippen molar-refractivity contribution in [2.24, 2.45) is 0 Å². The van der Waals surface area contributed by atoms with E-state index in [0.717, 1.165) is 27.2 Å². The summed E-state index contributed by atoms with van der Waals surface area (Å²) in [6.45, 7) is 0.627. The molecule has 4 nitrogen and oxygen atoms in total. The predicted molar refractivity (Wildman–Crippen MR) is 99.0 cm³/mol. The molecule has 122 valence electrons. The molecule has 0 aliphatic heterocycles. The van der Waals surface area contributed by atoms with Crippen molar-refractivity contribution in [3.8, 4) is 0 Å². The van der Waals surface area contributed by atoms with Gasteiger partial charge in [0.1, 0.15) is 5.76 Å². The summed E-state index contributed by atoms with van der Waals surface area (Å²) in [6, 6.07) is 19.1. The van der Waals surface area contributed by atoms with Crippen molar-refractivity contribution >= 4 is 33.2 Å². The fraction of sp³-hybridized carbons (Fsp3) is 0.105. The SMILES string of the molecule is O=C(Cc1ccc(Br)cc1)Nc1ccc(NCc2ccco2)cc1. The molecule has 0 unspecified atom stereocenters. The van der Waals surface area contributed by atoms with Crippen LogP contribution in [0, 0.1) is 0 Å². The fourth-order valence-corrected chi connectivity index (χ4v) is 2.53. The van der Waals surface area contributed by atoms with Crippen LogP contribution in [0.3, 0.4) is 0 Å². The average Bonchev–Trinajstić information content (AvgIpc) is 3.10. The van der Waals surface area contributed by atoms with Crippen LogP contribution < -0.4 is 10.6 Å². The molecule has 0 atom stereocenters. The molecule has 5 heteroatoms. The number of benzene rings is 2. The van der Waals surface area contributed by atoms with E-state index in [1.807, 2.05) is 60.7 Å². The Bertz CT molecular complexity index is 781. The molecule has 0 radical (unpaired) electrons. The molecule has 1 heterocycles. The Morgan fingerprint density at radius 2 is 1.67 bits per heavy atom. The minimum absolute atomic E-state index is 0.0337. The van der Waals surface area contributed by atoms with Crippen LogP contribution in [0.4, 0.5) is 11.4 Å². The van der Waals surface area contributed by atoms with E-state index in [1.54, 1.807) is 6.26 Å². The summed E-state index contributed by atoms with van der Waals surface area (Å²) in [7, 11) is 0. The monoisotopic (exact) mass is 384 g/mol. The number of carbonyl (C=O) groups is 1. The molecule has 2 N–H and O–H groups in total. The normalized spacial score (nSPS) is 10.4. The largest absolute Gasteiger partial charge is 0.467 e. The lowest BCUT2D eigenvalue weighted by atomic mass is 10.1. The number of hydrogen-bond acceptors (Lipinski definition) is 3. The Labute approximate surface area is 149 Å². The van der Waals surface area contributed by atoms with E-state index in [2.05, 4.69) is 26.6 Å². The van der Waals surface area contributed by atoms with E-state index in [0.29, 0.717) is 13.0 Å². The Hall–Kier alpha value is -2.53. The van der Waals surface area contributed by atoms with Gasteiger partial charge in [-0.3, -0.25) is 4.79 Å². The third-order valence-corrected chi connectivity index (χ3v) is 4.02. The number of furan rings is 1. The Morgan fingerprint density at radius 3 is 2.33 bits per heavy atom. The van der Waals surface area contributed by atoms with Crippen LogP contribution in [0.5, 0.6) is 0 Å². The van der Waals surface area contributed by atoms with Gasteiger partial charge in [0.15, 0.2) is 0 Å². The first-order chi connectivity index (χ1) is 11.7. The summed E-state index contributed by atoms with van der Waals surface area (Å²) in [5.74, 6) is 0.843. The smallest absolute Gasteiger partial charge is 0.228 e. The van der Waals surface area contributed by atoms with Gasteiger partial charge in [-0.15, -0.1) is 0 Å². The maximum atomic E-state index is 12.1. The van der Waals surface area contributed by atoms with Crippen molar-refractivity contribution in [3.63, 3.8) is 0 Å². The molecule has 3 rings (SSSR count). The van der Waals surface area contributed by atoms with E-state index >= 15 is 0 Å². The Balaban J connectivity index is 1.51. The number of anilines is 2. The highest BCUT2D eigenvalue weighted by atomic mass is 79.9. The van der Waals surface area contributed by atoms with E-state index in [9.17, 15) is 4.79 Å². The number of rotatable bonds is 6. The lowest BCUT2D eigenvalue weighted by molar-refractivity contribution is -0.115. The van der Waals surface area contributed by atoms with Crippen LogP contribution in [-0.2, 0) is 17.8 Å². The van der Waals surface area contributed by atoms with E-state index in [4.69, 9.17) is 4.42 Å². The van der Waals surface area contributed by atoms with Crippen molar-refractivity contribution < 1.29 is 9.21 Å². The van der Waals surface area contributed by atoms with Gasteiger partial charge in [0.2, 0.25) is 5.91 Å². The molecule has 0 bridgehead atoms. The van der Waals surface area contributed by atoms with Crippen LogP contribution in [0.2, 0.25) is 0 Å². The van der Waals surface area contributed by atoms with Crippen LogP contribution in [0.15, 0.2) is 75.8 Å². The van der Waals surface area contributed by atoms with Crippen molar-refractivity contribution in [1.29, 1.82) is 0 Å². The molecule has 0 aliphatic rings. The molecule has 0 spiro atoms. The first kappa shape index (κ1) is 16.3. The zero-order chi connectivity index (χ0) is 16.8. The topological polar surface area (TPSA) is 54.3 Å². The first-order valence-electron chi connectivity index (χ1n) is 7.60. The van der Waals surface area contributed by atoms with Crippen molar-refractivity contribution in [1.82, 2.24) is 0 Å². The second-order valence-electron chi connectivity index (χ2n) is 5.36. The zero-order valence-corrected chi connectivity index (χ0v) is 14.5. The third kappa shape index (κ3) is 4.73. The standard InChI is InChI=1S/C19H17BrN2O2/c20-15-5-3-14(4-6-15)12-19(23)22-17-9-7-16(8-10-17)21-13-18-2-1-11-24-18/h1-11,21H,12-13H2,(H,22,23). The van der Waals surface area contributed by atoms with Gasteiger partial charge in [0.05, 0.1) is 19.2 Å². The number of halogens is 1. The molecule has 2 aromatic carbocycles. The van der Waals surface area contributed by atoms with E-state index in [1.165, 1.54) is 0 Å². The van der Waals surface area contributed by atoms with Gasteiger partial charge in [-0.25, -0.2) is 0 Å². The second kappa shape index (κ2) is 7.84. The van der Waals surface area contributed by atoms with Gasteiger partial charge < -0.3 is 15.1 Å². The van der Waals surface area contributed by atoms with Gasteiger partial charge in [-0.1, -0.05) is 28.1 Å². The lowest BCUT2D eigenvalue weighted by Crippen LogP contribution is -2.14. The summed E-state index contributed by atoms with van der Waals surface area (Å²) in [5.41, 5.74) is 2.73. The summed E-state index contributed by atoms with van der Waals surface area (Å²) >= 11 is 3.39. The van der Waals surface area contributed by atoms with E-state index in [-0.39, 0.29) is 5.91 Å². The van der Waals surface area contributed by atoms with Crippen LogP contribution in [-0.4, -0.2) is 5.91 Å². The highest BCUT2D eigenvalue weighted by Crippen LogP contribution is 2.16. The number of carbonyl (C=O) groups excluding carboxylic acids is 1. The Morgan fingerprint density at radius 1 is 0.958 bits per heavy atom. The molecular formula is C19H17BrN2O2. The average molecular weight is 385 g/mol. The summed E-state index contributed by atoms with van der Waals surface area (Å²) in [6.07, 6.45) is 2.01. The minimum atomic E-state index is -0.0337. The van der Waals surface area contributed by atoms with Crippen LogP contribution >= 0.6 is 15.9 Å². The summed E-state index contributed by atoms with van der Waals surface area (Å²) < 4.78 is 6.28. The van der Waals surface area contributed by atoms with Crippen molar-refractivity contribution in [2.45, 2.75) is 13.0 Å². The molecule has 1 amide bonds. The van der Waals surface area contributed by atoms with Crippen LogP contribution in [0.1, 0.15) is 11.3 Å². The molecule has 1 aromatic heterocycles. The van der Waals surface area contributed by atoms with Crippen molar-refractivity contribution in [3.05, 3.63) is 82.7 Å². The number of amides is 1. The Kier molecular flexibility index (Phi) is 5.33. The fourth-order valence-electron chi connectivity index (χ4n) is 2.27. The molecule has 0 saturated heterocycles. The van der Waals surface area contributed by atoms with E-state index < -0.39 is 0 Å². The zero-order valence-electron chi connectivity index (χ0n) is 13.0. The molecule has 24 heavy (non-hydrogen) atoms. The summed E-state index contributed by atoms with van der Waals surface area (Å²) in [5, 5.41) is 6.17. The second-order valence-corrected chi connectivity index (χ2v) is 6.28. The van der Waals surface area contributed by atoms with Crippen molar-refractivity contribution in [2.75, 3.05) is 10.6 Å². The maximum absolute atomic E-state index is 12.1. The maximum Gasteiger partial charge on any atom is 0.228 e. The van der Waals surface area contributed by atoms with Gasteiger partial charge in [-0.05, 0) is 54.1 Å². The van der Waals surface area contributed by atoms with Gasteiger partial charge >= 0.3 is 0 Å². The van der Waals surface area contributed by atoms with Gasteiger partial charge in [0, 0.05) is 15.8 Å². The van der Waals surface area contributed by atoms with Gasteiger partial charge in [-0.2, -0.15) is 0 Å². The molecule has 0 saturated carbocycles.